The number of nitrogens with two attached hydrogens (primary N) is 1. The van der Waals surface area contributed by atoms with Crippen molar-refractivity contribution in [2.24, 2.45) is 10.3 Å². The van der Waals surface area contributed by atoms with E-state index >= 15 is 0 Å². The molecule has 2 saturated heterocycles. The largest absolute Gasteiger partial charge is 0.410 e. The normalized spacial score (nSPS) is 21.1. The molecule has 2 aliphatic heterocycles. The summed E-state index contributed by atoms with van der Waals surface area (Å²) in [5.74, 6) is -0.704. The van der Waals surface area contributed by atoms with E-state index in [2.05, 4.69) is 36.0 Å². The van der Waals surface area contributed by atoms with Gasteiger partial charge in [0.15, 0.2) is 0 Å². The van der Waals surface area contributed by atoms with Gasteiger partial charge in [0, 0.05) is 25.6 Å². The Morgan fingerprint density at radius 1 is 1.21 bits per heavy atom. The van der Waals surface area contributed by atoms with Crippen molar-refractivity contribution in [3.63, 3.8) is 0 Å². The lowest BCUT2D eigenvalue weighted by Gasteiger charge is -2.29. The number of primary sulfonamides is 1. The van der Waals surface area contributed by atoms with E-state index in [0.29, 0.717) is 30.7 Å². The molecule has 0 radical (unpaired) electrons. The molecule has 0 bridgehead atoms. The number of benzene rings is 1. The number of nitrogens with one attached hydrogen (secondary N) is 2. The first-order valence-corrected chi connectivity index (χ1v) is 12.7. The first kappa shape index (κ1) is 23.1. The SMILES string of the molecule is NS(=O)(=O)c1c(S(=O)(=O)N[C@@H]2CCNC2)ccc(N2CCC/C(=N/O)C2=O)c1-n1nnnn1. The smallest absolute Gasteiger partial charge is 0.276 e. The monoisotopic (exact) mass is 500 g/mol. The fraction of sp³-hybridized carbons (Fsp3) is 0.467. The maximum absolute atomic E-state index is 13.2. The molecule has 0 unspecified atom stereocenters. The van der Waals surface area contributed by atoms with Crippen molar-refractivity contribution in [1.82, 2.24) is 35.7 Å². The number of piperidine rings is 1. The van der Waals surface area contributed by atoms with Gasteiger partial charge < -0.3 is 15.4 Å². The molecule has 0 saturated carbocycles. The first-order valence-electron chi connectivity index (χ1n) is 9.71. The molecule has 33 heavy (non-hydrogen) atoms. The minimum Gasteiger partial charge on any atom is -0.410 e. The number of carbonyl (C=O) groups excluding carboxylic acids is 1. The maximum Gasteiger partial charge on any atom is 0.276 e. The van der Waals surface area contributed by atoms with Crippen LogP contribution in [0.25, 0.3) is 5.69 Å². The standard InChI is InChI=1S/C15H20N10O6S2/c16-32(28,29)14-12(33(30,31)19-9-5-6-17-8-9)4-3-11(13(14)25-22-20-21-23-25)24-7-1-2-10(18-27)15(24)26/h3-4,9,17,19,27H,1-2,5-8H2,(H2,16,28,29)/b18-10-/t9-/m1/s1. The summed E-state index contributed by atoms with van der Waals surface area (Å²) in [7, 11) is -9.09. The van der Waals surface area contributed by atoms with E-state index in [4.69, 9.17) is 10.3 Å². The summed E-state index contributed by atoms with van der Waals surface area (Å²) in [6.07, 6.45) is 1.11. The van der Waals surface area contributed by atoms with E-state index in [1.165, 1.54) is 6.07 Å². The molecule has 1 aromatic heterocycles. The van der Waals surface area contributed by atoms with Gasteiger partial charge in [0.1, 0.15) is 21.2 Å². The first-order chi connectivity index (χ1) is 15.6. The molecule has 2 aliphatic rings. The van der Waals surface area contributed by atoms with Gasteiger partial charge in [-0.15, -0.1) is 4.80 Å². The predicted octanol–water partition coefficient (Wildman–Crippen LogP) is -2.70. The number of hydrogen-bond acceptors (Lipinski definition) is 12. The molecule has 3 heterocycles. The summed E-state index contributed by atoms with van der Waals surface area (Å²) < 4.78 is 54.1. The molecule has 18 heteroatoms. The summed E-state index contributed by atoms with van der Waals surface area (Å²) in [5, 5.41) is 34.4. The van der Waals surface area contributed by atoms with Gasteiger partial charge in [-0.3, -0.25) is 4.79 Å². The second kappa shape index (κ2) is 8.71. The lowest BCUT2D eigenvalue weighted by Crippen LogP contribution is -2.43. The lowest BCUT2D eigenvalue weighted by atomic mass is 10.1. The quantitative estimate of drug-likeness (QED) is 0.235. The van der Waals surface area contributed by atoms with Crippen LogP contribution in [0.5, 0.6) is 0 Å². The highest BCUT2D eigenvalue weighted by Crippen LogP contribution is 2.36. The number of rotatable bonds is 6. The van der Waals surface area contributed by atoms with Crippen molar-refractivity contribution in [2.75, 3.05) is 24.5 Å². The fourth-order valence-corrected chi connectivity index (χ4v) is 6.63. The van der Waals surface area contributed by atoms with Crippen LogP contribution in [0.2, 0.25) is 0 Å². The van der Waals surface area contributed by atoms with Crippen molar-refractivity contribution in [3.8, 4) is 5.69 Å². The zero-order valence-electron chi connectivity index (χ0n) is 17.0. The highest BCUT2D eigenvalue weighted by Gasteiger charge is 2.37. The number of anilines is 1. The predicted molar refractivity (Wildman–Crippen MR) is 111 cm³/mol. The van der Waals surface area contributed by atoms with Crippen molar-refractivity contribution in [1.29, 1.82) is 0 Å². The van der Waals surface area contributed by atoms with Crippen molar-refractivity contribution in [2.45, 2.75) is 35.1 Å². The molecule has 1 amide bonds. The van der Waals surface area contributed by atoms with Crippen LogP contribution in [-0.4, -0.2) is 85.0 Å². The highest BCUT2D eigenvalue weighted by molar-refractivity contribution is 7.92. The number of amides is 1. The van der Waals surface area contributed by atoms with Gasteiger partial charge in [-0.25, -0.2) is 26.7 Å². The number of oxime groups is 1. The third kappa shape index (κ3) is 4.42. The van der Waals surface area contributed by atoms with E-state index in [9.17, 15) is 21.6 Å². The van der Waals surface area contributed by atoms with E-state index in [1.54, 1.807) is 0 Å². The Morgan fingerprint density at radius 3 is 2.55 bits per heavy atom. The Balaban J connectivity index is 1.96. The van der Waals surface area contributed by atoms with Crippen LogP contribution >= 0.6 is 0 Å². The summed E-state index contributed by atoms with van der Waals surface area (Å²) in [4.78, 5) is 13.1. The summed E-state index contributed by atoms with van der Waals surface area (Å²) in [6.45, 7) is 1.09. The third-order valence-corrected chi connectivity index (χ3v) is 7.89. The maximum atomic E-state index is 13.2. The molecule has 1 aromatic carbocycles. The molecule has 1 atom stereocenters. The molecular formula is C15H20N10O6S2. The number of nitrogens with zero attached hydrogens (tertiary/aromatic N) is 7. The Labute approximate surface area is 187 Å². The Morgan fingerprint density at radius 2 is 1.94 bits per heavy atom. The average molecular weight is 501 g/mol. The van der Waals surface area contributed by atoms with Gasteiger partial charge in [-0.1, -0.05) is 5.16 Å². The average Bonchev–Trinajstić information content (AvgIpc) is 3.46. The number of carbonyl (C=O) groups is 1. The summed E-state index contributed by atoms with van der Waals surface area (Å²) in [6, 6.07) is 1.81. The molecule has 4 rings (SSSR count). The molecule has 16 nitrogen and oxygen atoms in total. The van der Waals surface area contributed by atoms with Crippen LogP contribution < -0.4 is 20.1 Å². The topological polar surface area (TPSA) is 228 Å². The van der Waals surface area contributed by atoms with Gasteiger partial charge in [-0.2, -0.15) is 0 Å². The molecule has 178 valence electrons. The highest BCUT2D eigenvalue weighted by atomic mass is 32.2. The van der Waals surface area contributed by atoms with E-state index in [1.807, 2.05) is 0 Å². The molecule has 0 spiro atoms. The van der Waals surface area contributed by atoms with Gasteiger partial charge in [0.25, 0.3) is 5.91 Å². The molecule has 2 fully saturated rings. The van der Waals surface area contributed by atoms with Gasteiger partial charge in [-0.05, 0) is 52.4 Å². The van der Waals surface area contributed by atoms with Gasteiger partial charge >= 0.3 is 0 Å². The summed E-state index contributed by atoms with van der Waals surface area (Å²) >= 11 is 0. The second-order valence-corrected chi connectivity index (χ2v) is 10.6. The third-order valence-electron chi connectivity index (χ3n) is 5.22. The van der Waals surface area contributed by atoms with Crippen molar-refractivity contribution < 1.29 is 26.8 Å². The second-order valence-electron chi connectivity index (χ2n) is 7.37. The Hall–Kier alpha value is -3.06. The van der Waals surface area contributed by atoms with Crippen LogP contribution in [0.15, 0.2) is 27.1 Å². The number of sulfonamides is 2. The number of aromatic nitrogens is 5. The lowest BCUT2D eigenvalue weighted by molar-refractivity contribution is -0.113. The minimum absolute atomic E-state index is 0.0776. The van der Waals surface area contributed by atoms with Gasteiger partial charge in [0.05, 0.1) is 5.69 Å². The zero-order chi connectivity index (χ0) is 23.8. The van der Waals surface area contributed by atoms with Gasteiger partial charge in [0.2, 0.25) is 20.0 Å². The fourth-order valence-electron chi connectivity index (χ4n) is 3.79. The Kier molecular flexibility index (Phi) is 6.10. The van der Waals surface area contributed by atoms with Crippen molar-refractivity contribution >= 4 is 37.4 Å². The molecule has 2 aromatic rings. The molecule has 5 N–H and O–H groups in total. The van der Waals surface area contributed by atoms with Crippen LogP contribution in [-0.2, 0) is 24.8 Å². The Bertz CT molecular complexity index is 1300. The van der Waals surface area contributed by atoms with E-state index < -0.39 is 47.5 Å². The van der Waals surface area contributed by atoms with Crippen LogP contribution in [0.3, 0.4) is 0 Å². The van der Waals surface area contributed by atoms with Crippen LogP contribution in [0, 0.1) is 0 Å². The molecular weight excluding hydrogens is 480 g/mol. The molecule has 0 aliphatic carbocycles. The number of hydrogen-bond donors (Lipinski definition) is 4. The summed E-state index contributed by atoms with van der Waals surface area (Å²) in [5.41, 5.74) is -0.658. The van der Waals surface area contributed by atoms with Crippen LogP contribution in [0.4, 0.5) is 5.69 Å². The van der Waals surface area contributed by atoms with Crippen LogP contribution in [0.1, 0.15) is 19.3 Å². The zero-order valence-corrected chi connectivity index (χ0v) is 18.6. The minimum atomic E-state index is -4.71. The van der Waals surface area contributed by atoms with E-state index in [-0.39, 0.29) is 24.4 Å². The van der Waals surface area contributed by atoms with Crippen molar-refractivity contribution in [3.05, 3.63) is 12.1 Å². The van der Waals surface area contributed by atoms with E-state index in [0.717, 1.165) is 11.0 Å².